The summed E-state index contributed by atoms with van der Waals surface area (Å²) in [5, 5.41) is 21.7. The monoisotopic (exact) mass is 548 g/mol. The van der Waals surface area contributed by atoms with Crippen molar-refractivity contribution in [1.82, 2.24) is 25.0 Å². The summed E-state index contributed by atoms with van der Waals surface area (Å²) in [6, 6.07) is 7.92. The molecule has 1 aliphatic carbocycles. The molecule has 1 amide bonds. The Kier molecular flexibility index (Phi) is 7.29. The van der Waals surface area contributed by atoms with E-state index in [4.69, 9.17) is 4.74 Å². The van der Waals surface area contributed by atoms with Crippen molar-refractivity contribution in [2.24, 2.45) is 7.05 Å². The van der Waals surface area contributed by atoms with Crippen molar-refractivity contribution in [3.05, 3.63) is 42.1 Å². The number of amides is 1. The molecule has 3 N–H and O–H groups in total. The van der Waals surface area contributed by atoms with Gasteiger partial charge in [0.2, 0.25) is 11.8 Å². The SMILES string of the molecule is COc1ccc(C2(O)CCC(N3CC(NC(=O)CNc4nn(C)c5ccc(OC(F)(F)F)cc45)C3)CC2)cn1. The highest BCUT2D eigenvalue weighted by molar-refractivity contribution is 5.93. The van der Waals surface area contributed by atoms with Gasteiger partial charge in [0, 0.05) is 49.4 Å². The molecule has 0 unspecified atom stereocenters. The number of nitrogens with one attached hydrogen (secondary N) is 2. The van der Waals surface area contributed by atoms with Crippen LogP contribution in [0.15, 0.2) is 36.5 Å². The maximum atomic E-state index is 12.6. The Balaban J connectivity index is 1.08. The lowest BCUT2D eigenvalue weighted by Crippen LogP contribution is -2.63. The van der Waals surface area contributed by atoms with E-state index in [0.717, 1.165) is 31.5 Å². The Bertz CT molecular complexity index is 1320. The minimum atomic E-state index is -4.80. The summed E-state index contributed by atoms with van der Waals surface area (Å²) in [5.74, 6) is 0.225. The molecule has 1 saturated heterocycles. The first-order valence-corrected chi connectivity index (χ1v) is 12.8. The fraction of sp³-hybridized carbons (Fsp3) is 0.500. The average Bonchev–Trinajstić information content (AvgIpc) is 3.19. The predicted molar refractivity (Wildman–Crippen MR) is 136 cm³/mol. The number of halogens is 3. The van der Waals surface area contributed by atoms with E-state index in [2.05, 4.69) is 30.4 Å². The van der Waals surface area contributed by atoms with Crippen LogP contribution in [0, 0.1) is 0 Å². The molecule has 1 aliphatic heterocycles. The van der Waals surface area contributed by atoms with Gasteiger partial charge in [0.1, 0.15) is 5.75 Å². The van der Waals surface area contributed by atoms with Gasteiger partial charge < -0.3 is 25.2 Å². The molecule has 2 aliphatic rings. The summed E-state index contributed by atoms with van der Waals surface area (Å²) in [7, 11) is 3.22. The van der Waals surface area contributed by atoms with E-state index < -0.39 is 12.0 Å². The number of carbonyl (C=O) groups is 1. The van der Waals surface area contributed by atoms with Gasteiger partial charge in [0.05, 0.1) is 30.8 Å². The van der Waals surface area contributed by atoms with E-state index >= 15 is 0 Å². The van der Waals surface area contributed by atoms with Gasteiger partial charge in [-0.05, 0) is 49.9 Å². The molecule has 5 rings (SSSR count). The van der Waals surface area contributed by atoms with Crippen molar-refractivity contribution in [1.29, 1.82) is 0 Å². The Morgan fingerprint density at radius 1 is 1.21 bits per heavy atom. The van der Waals surface area contributed by atoms with Crippen molar-refractivity contribution < 1.29 is 32.5 Å². The van der Waals surface area contributed by atoms with Crippen LogP contribution in [0.25, 0.3) is 10.9 Å². The standard InChI is InChI=1S/C26H31F3N6O4/c1-34-21-5-4-19(39-26(27,28)29)11-20(21)24(33-34)31-13-22(36)32-17-14-35(15-17)18-7-9-25(37,10-8-18)16-3-6-23(38-2)30-12-16/h3-6,11-12,17-18,37H,7-10,13-15H2,1-2H3,(H,31,33)(H,32,36). The Labute approximate surface area is 223 Å². The first-order valence-electron chi connectivity index (χ1n) is 12.8. The van der Waals surface area contributed by atoms with Crippen LogP contribution in [0.2, 0.25) is 0 Å². The number of ether oxygens (including phenoxy) is 2. The second-order valence-corrected chi connectivity index (χ2v) is 10.1. The maximum absolute atomic E-state index is 12.6. The van der Waals surface area contributed by atoms with E-state index in [1.165, 1.54) is 22.9 Å². The minimum Gasteiger partial charge on any atom is -0.481 e. The zero-order valence-corrected chi connectivity index (χ0v) is 21.7. The average molecular weight is 549 g/mol. The summed E-state index contributed by atoms with van der Waals surface area (Å²) in [6.45, 7) is 1.38. The van der Waals surface area contributed by atoms with E-state index in [9.17, 15) is 23.1 Å². The summed E-state index contributed by atoms with van der Waals surface area (Å²) in [5.41, 5.74) is 0.507. The van der Waals surface area contributed by atoms with Gasteiger partial charge in [-0.25, -0.2) is 4.98 Å². The number of methoxy groups -OCH3 is 1. The number of aliphatic hydroxyl groups is 1. The molecule has 39 heavy (non-hydrogen) atoms. The number of alkyl halides is 3. The largest absolute Gasteiger partial charge is 0.573 e. The van der Waals surface area contributed by atoms with E-state index in [1.54, 1.807) is 26.4 Å². The number of carbonyl (C=O) groups excluding carboxylic acids is 1. The number of fused-ring (bicyclic) bond motifs is 1. The van der Waals surface area contributed by atoms with Crippen molar-refractivity contribution in [2.75, 3.05) is 32.1 Å². The van der Waals surface area contributed by atoms with Crippen LogP contribution in [0.5, 0.6) is 11.6 Å². The molecular weight excluding hydrogens is 517 g/mol. The van der Waals surface area contributed by atoms with Crippen LogP contribution < -0.4 is 20.1 Å². The number of rotatable bonds is 8. The zero-order valence-electron chi connectivity index (χ0n) is 21.7. The molecule has 13 heteroatoms. The number of pyridine rings is 1. The maximum Gasteiger partial charge on any atom is 0.573 e. The van der Waals surface area contributed by atoms with Gasteiger partial charge in [0.25, 0.3) is 0 Å². The number of benzene rings is 1. The Morgan fingerprint density at radius 3 is 2.59 bits per heavy atom. The predicted octanol–water partition coefficient (Wildman–Crippen LogP) is 2.92. The quantitative estimate of drug-likeness (QED) is 0.394. The van der Waals surface area contributed by atoms with Crippen LogP contribution in [0.4, 0.5) is 19.0 Å². The van der Waals surface area contributed by atoms with Gasteiger partial charge >= 0.3 is 6.36 Å². The van der Waals surface area contributed by atoms with Gasteiger partial charge in [-0.2, -0.15) is 5.10 Å². The molecule has 1 saturated carbocycles. The highest BCUT2D eigenvalue weighted by atomic mass is 19.4. The molecule has 0 spiro atoms. The molecule has 2 fully saturated rings. The summed E-state index contributed by atoms with van der Waals surface area (Å²) >= 11 is 0. The van der Waals surface area contributed by atoms with Gasteiger partial charge in [-0.3, -0.25) is 14.4 Å². The topological polar surface area (TPSA) is 114 Å². The molecular formula is C26H31F3N6O4. The number of hydrogen-bond donors (Lipinski definition) is 3. The Hall–Kier alpha value is -3.58. The molecule has 210 valence electrons. The highest BCUT2D eigenvalue weighted by Crippen LogP contribution is 2.39. The lowest BCUT2D eigenvalue weighted by molar-refractivity contribution is -0.274. The molecule has 1 aromatic carbocycles. The van der Waals surface area contributed by atoms with Crippen LogP contribution in [0.3, 0.4) is 0 Å². The van der Waals surface area contributed by atoms with Crippen LogP contribution in [0.1, 0.15) is 31.2 Å². The smallest absolute Gasteiger partial charge is 0.481 e. The second-order valence-electron chi connectivity index (χ2n) is 10.1. The molecule has 2 aromatic heterocycles. The summed E-state index contributed by atoms with van der Waals surface area (Å²) in [6.07, 6.45) is -0.166. The van der Waals surface area contributed by atoms with Crippen LogP contribution >= 0.6 is 0 Å². The molecule has 0 bridgehead atoms. The number of likely N-dealkylation sites (tertiary alicyclic amines) is 1. The highest BCUT2D eigenvalue weighted by Gasteiger charge is 2.40. The number of anilines is 1. The summed E-state index contributed by atoms with van der Waals surface area (Å²) in [4.78, 5) is 19.1. The first-order chi connectivity index (χ1) is 18.5. The van der Waals surface area contributed by atoms with Gasteiger partial charge in [0.15, 0.2) is 5.82 Å². The normalized spacial score (nSPS) is 22.4. The molecule has 0 radical (unpaired) electrons. The third-order valence-electron chi connectivity index (χ3n) is 7.53. The van der Waals surface area contributed by atoms with Crippen LogP contribution in [-0.4, -0.2) is 75.9 Å². The molecule has 3 aromatic rings. The van der Waals surface area contributed by atoms with E-state index in [-0.39, 0.29) is 24.2 Å². The number of aromatic nitrogens is 3. The number of hydrogen-bond acceptors (Lipinski definition) is 8. The van der Waals surface area contributed by atoms with Crippen molar-refractivity contribution in [3.63, 3.8) is 0 Å². The molecule has 3 heterocycles. The fourth-order valence-corrected chi connectivity index (χ4v) is 5.43. The van der Waals surface area contributed by atoms with Crippen molar-refractivity contribution in [3.8, 4) is 11.6 Å². The molecule has 10 nitrogen and oxygen atoms in total. The van der Waals surface area contributed by atoms with E-state index in [1.807, 2.05) is 6.07 Å². The third kappa shape index (κ3) is 6.04. The van der Waals surface area contributed by atoms with Crippen molar-refractivity contribution >= 4 is 22.6 Å². The zero-order chi connectivity index (χ0) is 27.8. The Morgan fingerprint density at radius 2 is 1.95 bits per heavy atom. The number of nitrogens with zero attached hydrogens (tertiary/aromatic N) is 4. The summed E-state index contributed by atoms with van der Waals surface area (Å²) < 4.78 is 48.4. The number of aryl methyl sites for hydroxylation is 1. The van der Waals surface area contributed by atoms with Gasteiger partial charge in [-0.15, -0.1) is 13.2 Å². The van der Waals surface area contributed by atoms with E-state index in [0.29, 0.717) is 41.5 Å². The second kappa shape index (κ2) is 10.5. The first kappa shape index (κ1) is 27.0. The fourth-order valence-electron chi connectivity index (χ4n) is 5.43. The minimum absolute atomic E-state index is 0.0122. The lowest BCUT2D eigenvalue weighted by atomic mass is 9.77. The lowest BCUT2D eigenvalue weighted by Gasteiger charge is -2.48. The van der Waals surface area contributed by atoms with Crippen molar-refractivity contribution in [2.45, 2.75) is 49.7 Å². The van der Waals surface area contributed by atoms with Gasteiger partial charge in [-0.1, -0.05) is 0 Å². The third-order valence-corrected chi connectivity index (χ3v) is 7.53. The molecule has 0 atom stereocenters. The van der Waals surface area contributed by atoms with Crippen LogP contribution in [-0.2, 0) is 17.4 Å².